The second-order valence-electron chi connectivity index (χ2n) is 6.42. The quantitative estimate of drug-likeness (QED) is 0.662. The van der Waals surface area contributed by atoms with E-state index in [1.807, 2.05) is 24.3 Å². The van der Waals surface area contributed by atoms with Crippen molar-refractivity contribution in [3.05, 3.63) is 59.2 Å². The van der Waals surface area contributed by atoms with E-state index in [0.29, 0.717) is 13.2 Å². The van der Waals surface area contributed by atoms with Gasteiger partial charge in [-0.3, -0.25) is 9.69 Å². The van der Waals surface area contributed by atoms with Gasteiger partial charge in [0.1, 0.15) is 12.6 Å². The van der Waals surface area contributed by atoms with Crippen LogP contribution in [0.25, 0.3) is 11.1 Å². The molecule has 0 bridgehead atoms. The maximum Gasteiger partial charge on any atom is 0.410 e. The van der Waals surface area contributed by atoms with Crippen LogP contribution in [0.5, 0.6) is 0 Å². The van der Waals surface area contributed by atoms with Crippen LogP contribution < -0.4 is 0 Å². The van der Waals surface area contributed by atoms with Crippen LogP contribution in [0.15, 0.2) is 42.5 Å². The van der Waals surface area contributed by atoms with Crippen LogP contribution in [0.1, 0.15) is 16.7 Å². The summed E-state index contributed by atoms with van der Waals surface area (Å²) in [5.41, 5.74) is 5.87. The number of nitrogens with zero attached hydrogens (tertiary/aromatic N) is 1. The minimum atomic E-state index is -0.788. The highest BCUT2D eigenvalue weighted by atomic mass is 35.5. The summed E-state index contributed by atoms with van der Waals surface area (Å²) >= 11 is 5.57. The molecule has 0 radical (unpaired) electrons. The Morgan fingerprint density at radius 2 is 1.96 bits per heavy atom. The number of amides is 1. The average molecular weight is 372 g/mol. The molecule has 0 saturated carbocycles. The molecule has 6 heteroatoms. The summed E-state index contributed by atoms with van der Waals surface area (Å²) < 4.78 is 10.7. The number of carbonyl (C=O) groups is 2. The molecule has 1 amide bonds. The van der Waals surface area contributed by atoms with Gasteiger partial charge in [0.25, 0.3) is 0 Å². The number of hydrogen-bond donors (Lipinski definition) is 0. The molecule has 1 saturated heterocycles. The Hall–Kier alpha value is -2.37. The third-order valence-corrected chi connectivity index (χ3v) is 5.18. The molecule has 1 aliphatic heterocycles. The van der Waals surface area contributed by atoms with Crippen LogP contribution in [-0.2, 0) is 27.3 Å². The molecule has 1 fully saturated rings. The summed E-state index contributed by atoms with van der Waals surface area (Å²) in [6.45, 7) is 0.927. The SMILES string of the molecule is O=C(Cl)C1COCCN1C(=O)OCc1cccc2c1Cc1ccccc1-2. The van der Waals surface area contributed by atoms with Gasteiger partial charge in [-0.1, -0.05) is 42.5 Å². The topological polar surface area (TPSA) is 55.8 Å². The van der Waals surface area contributed by atoms with E-state index in [9.17, 15) is 9.59 Å². The zero-order valence-corrected chi connectivity index (χ0v) is 14.9. The predicted molar refractivity (Wildman–Crippen MR) is 97.0 cm³/mol. The highest BCUT2D eigenvalue weighted by molar-refractivity contribution is 6.64. The zero-order valence-electron chi connectivity index (χ0n) is 14.1. The minimum Gasteiger partial charge on any atom is -0.445 e. The first kappa shape index (κ1) is 17.1. The molecule has 0 N–H and O–H groups in total. The van der Waals surface area contributed by atoms with Gasteiger partial charge in [0.2, 0.25) is 5.24 Å². The minimum absolute atomic E-state index is 0.105. The van der Waals surface area contributed by atoms with Crippen molar-refractivity contribution in [1.29, 1.82) is 0 Å². The number of carbonyl (C=O) groups excluding carboxylic acids is 2. The summed E-state index contributed by atoms with van der Waals surface area (Å²) in [4.78, 5) is 25.3. The van der Waals surface area contributed by atoms with Crippen LogP contribution >= 0.6 is 11.6 Å². The highest BCUT2D eigenvalue weighted by Crippen LogP contribution is 2.38. The number of halogens is 1. The third-order valence-electron chi connectivity index (χ3n) is 4.92. The van der Waals surface area contributed by atoms with Crippen LogP contribution in [0.4, 0.5) is 4.79 Å². The Morgan fingerprint density at radius 1 is 1.15 bits per heavy atom. The molecule has 1 unspecified atom stereocenters. The number of morpholine rings is 1. The first-order chi connectivity index (χ1) is 12.6. The smallest absolute Gasteiger partial charge is 0.410 e. The van der Waals surface area contributed by atoms with Gasteiger partial charge in [-0.25, -0.2) is 4.79 Å². The van der Waals surface area contributed by atoms with E-state index in [2.05, 4.69) is 18.2 Å². The Morgan fingerprint density at radius 3 is 2.81 bits per heavy atom. The van der Waals surface area contributed by atoms with E-state index in [-0.39, 0.29) is 13.2 Å². The third kappa shape index (κ3) is 3.08. The summed E-state index contributed by atoms with van der Waals surface area (Å²) in [5.74, 6) is 0. The Labute approximate surface area is 156 Å². The molecule has 1 heterocycles. The van der Waals surface area contributed by atoms with Crippen molar-refractivity contribution in [2.45, 2.75) is 19.1 Å². The fourth-order valence-electron chi connectivity index (χ4n) is 3.59. The summed E-state index contributed by atoms with van der Waals surface area (Å²) in [5, 5.41) is -0.613. The van der Waals surface area contributed by atoms with Gasteiger partial charge < -0.3 is 9.47 Å². The van der Waals surface area contributed by atoms with Crippen LogP contribution in [0, 0.1) is 0 Å². The van der Waals surface area contributed by atoms with Gasteiger partial charge >= 0.3 is 6.09 Å². The van der Waals surface area contributed by atoms with E-state index in [0.717, 1.165) is 12.0 Å². The van der Waals surface area contributed by atoms with E-state index >= 15 is 0 Å². The number of rotatable bonds is 3. The van der Waals surface area contributed by atoms with Gasteiger partial charge in [-0.15, -0.1) is 0 Å². The van der Waals surface area contributed by atoms with Gasteiger partial charge in [0.05, 0.1) is 13.2 Å². The fourth-order valence-corrected chi connectivity index (χ4v) is 3.77. The molecule has 1 aliphatic carbocycles. The first-order valence-corrected chi connectivity index (χ1v) is 8.92. The van der Waals surface area contributed by atoms with Crippen LogP contribution in [-0.4, -0.2) is 42.0 Å². The second-order valence-corrected chi connectivity index (χ2v) is 6.79. The summed E-state index contributed by atoms with van der Waals surface area (Å²) in [6, 6.07) is 13.6. The van der Waals surface area contributed by atoms with E-state index in [1.165, 1.54) is 27.2 Å². The lowest BCUT2D eigenvalue weighted by molar-refractivity contribution is -0.121. The van der Waals surface area contributed by atoms with Crippen molar-refractivity contribution >= 4 is 22.9 Å². The molecular weight excluding hydrogens is 354 g/mol. The highest BCUT2D eigenvalue weighted by Gasteiger charge is 2.33. The number of benzene rings is 2. The second kappa shape index (κ2) is 7.09. The Balaban J connectivity index is 1.49. The van der Waals surface area contributed by atoms with Crippen molar-refractivity contribution < 1.29 is 19.1 Å². The normalized spacial score (nSPS) is 18.2. The fraction of sp³-hybridized carbons (Fsp3) is 0.300. The maximum absolute atomic E-state index is 12.4. The average Bonchev–Trinajstić information content (AvgIpc) is 3.05. The Kier molecular flexibility index (Phi) is 4.66. The molecular formula is C20H18ClNO4. The van der Waals surface area contributed by atoms with Crippen molar-refractivity contribution in [2.24, 2.45) is 0 Å². The zero-order chi connectivity index (χ0) is 18.1. The van der Waals surface area contributed by atoms with E-state index < -0.39 is 17.4 Å². The monoisotopic (exact) mass is 371 g/mol. The summed E-state index contributed by atoms with van der Waals surface area (Å²) in [6.07, 6.45) is 0.292. The Bertz CT molecular complexity index is 867. The van der Waals surface area contributed by atoms with Crippen LogP contribution in [0.2, 0.25) is 0 Å². The molecule has 0 spiro atoms. The van der Waals surface area contributed by atoms with Gasteiger partial charge in [-0.2, -0.15) is 0 Å². The molecule has 26 heavy (non-hydrogen) atoms. The van der Waals surface area contributed by atoms with Crippen molar-refractivity contribution in [3.8, 4) is 11.1 Å². The predicted octanol–water partition coefficient (Wildman–Crippen LogP) is 3.36. The lowest BCUT2D eigenvalue weighted by Crippen LogP contribution is -2.51. The molecule has 2 aromatic carbocycles. The maximum atomic E-state index is 12.4. The van der Waals surface area contributed by atoms with Gasteiger partial charge in [0, 0.05) is 6.54 Å². The number of ether oxygens (including phenoxy) is 2. The standard InChI is InChI=1S/C20H18ClNO4/c21-19(23)18-12-25-9-8-22(18)20(24)26-11-14-5-3-7-16-15-6-2-1-4-13(15)10-17(14)16/h1-7,18H,8-12H2. The van der Waals surface area contributed by atoms with Crippen LogP contribution in [0.3, 0.4) is 0 Å². The van der Waals surface area contributed by atoms with Gasteiger partial charge in [0.15, 0.2) is 0 Å². The van der Waals surface area contributed by atoms with Gasteiger partial charge in [-0.05, 0) is 45.8 Å². The van der Waals surface area contributed by atoms with Crippen molar-refractivity contribution in [3.63, 3.8) is 0 Å². The number of hydrogen-bond acceptors (Lipinski definition) is 4. The lowest BCUT2D eigenvalue weighted by atomic mass is 10.0. The first-order valence-electron chi connectivity index (χ1n) is 8.54. The molecule has 134 valence electrons. The van der Waals surface area contributed by atoms with E-state index in [4.69, 9.17) is 21.1 Å². The molecule has 0 aromatic heterocycles. The molecule has 2 aromatic rings. The summed E-state index contributed by atoms with van der Waals surface area (Å²) in [7, 11) is 0. The molecule has 4 rings (SSSR count). The lowest BCUT2D eigenvalue weighted by Gasteiger charge is -2.32. The number of fused-ring (bicyclic) bond motifs is 3. The largest absolute Gasteiger partial charge is 0.445 e. The van der Waals surface area contributed by atoms with Crippen molar-refractivity contribution in [2.75, 3.05) is 19.8 Å². The van der Waals surface area contributed by atoms with Crippen molar-refractivity contribution in [1.82, 2.24) is 4.90 Å². The molecule has 1 atom stereocenters. The van der Waals surface area contributed by atoms with E-state index in [1.54, 1.807) is 0 Å². The molecule has 5 nitrogen and oxygen atoms in total. The molecule has 2 aliphatic rings.